The number of carbonyl (C=O) groups excluding carboxylic acids is 1. The lowest BCUT2D eigenvalue weighted by atomic mass is 10.0. The molecule has 0 unspecified atom stereocenters. The van der Waals surface area contributed by atoms with E-state index < -0.39 is 11.5 Å². The highest BCUT2D eigenvalue weighted by atomic mass is 35.5. The molecule has 0 spiro atoms. The van der Waals surface area contributed by atoms with E-state index in [9.17, 15) is 14.0 Å². The molecule has 0 aliphatic carbocycles. The van der Waals surface area contributed by atoms with E-state index in [1.807, 2.05) is 24.3 Å². The highest BCUT2D eigenvalue weighted by Gasteiger charge is 2.19. The van der Waals surface area contributed by atoms with E-state index >= 15 is 0 Å². The summed E-state index contributed by atoms with van der Waals surface area (Å²) in [5.74, 6) is -0.199. The summed E-state index contributed by atoms with van der Waals surface area (Å²) in [5.41, 5.74) is 3.06. The maximum absolute atomic E-state index is 14.8. The maximum atomic E-state index is 14.8. The predicted octanol–water partition coefficient (Wildman–Crippen LogP) is 4.48. The Balaban J connectivity index is 1.72. The SMILES string of the molecule is CNC(=O)Nc1ccc(-c2ccc3ncc4c(c3c2)n(-c2ccc(Cl)cc2F)c(=O)n4C)cn1. The van der Waals surface area contributed by atoms with Gasteiger partial charge in [0.15, 0.2) is 0 Å². The number of aromatic nitrogens is 4. The zero-order chi connectivity index (χ0) is 24.0. The number of nitrogens with zero attached hydrogens (tertiary/aromatic N) is 4. The van der Waals surface area contributed by atoms with Crippen molar-refractivity contribution < 1.29 is 9.18 Å². The monoisotopic (exact) mass is 476 g/mol. The summed E-state index contributed by atoms with van der Waals surface area (Å²) in [4.78, 5) is 33.4. The van der Waals surface area contributed by atoms with E-state index in [1.54, 1.807) is 31.6 Å². The van der Waals surface area contributed by atoms with Crippen molar-refractivity contribution in [2.75, 3.05) is 12.4 Å². The molecule has 2 amide bonds. The smallest absolute Gasteiger partial charge is 0.333 e. The van der Waals surface area contributed by atoms with Gasteiger partial charge in [0, 0.05) is 36.3 Å². The average molecular weight is 477 g/mol. The summed E-state index contributed by atoms with van der Waals surface area (Å²) < 4.78 is 17.6. The Morgan fingerprint density at radius 1 is 1.03 bits per heavy atom. The Morgan fingerprint density at radius 3 is 2.53 bits per heavy atom. The van der Waals surface area contributed by atoms with Gasteiger partial charge in [-0.05, 0) is 48.0 Å². The van der Waals surface area contributed by atoms with Gasteiger partial charge in [-0.3, -0.25) is 19.4 Å². The van der Waals surface area contributed by atoms with E-state index in [4.69, 9.17) is 11.6 Å². The van der Waals surface area contributed by atoms with E-state index in [1.165, 1.54) is 28.3 Å². The molecule has 2 N–H and O–H groups in total. The fraction of sp³-hybridized carbons (Fsp3) is 0.0833. The molecule has 3 heterocycles. The van der Waals surface area contributed by atoms with Gasteiger partial charge in [0.05, 0.1) is 28.4 Å². The summed E-state index contributed by atoms with van der Waals surface area (Å²) >= 11 is 5.92. The van der Waals surface area contributed by atoms with Crippen molar-refractivity contribution >= 4 is 45.4 Å². The van der Waals surface area contributed by atoms with Crippen LogP contribution in [0.2, 0.25) is 5.02 Å². The van der Waals surface area contributed by atoms with Crippen LogP contribution in [0.5, 0.6) is 0 Å². The molecular formula is C24H18ClFN6O2. The highest BCUT2D eigenvalue weighted by molar-refractivity contribution is 6.30. The molecule has 170 valence electrons. The van der Waals surface area contributed by atoms with Crippen LogP contribution in [0.15, 0.2) is 65.7 Å². The Morgan fingerprint density at radius 2 is 1.82 bits per heavy atom. The molecule has 2 aromatic carbocycles. The molecule has 5 rings (SSSR count). The van der Waals surface area contributed by atoms with Crippen LogP contribution in [-0.4, -0.2) is 32.2 Å². The number of urea groups is 1. The van der Waals surface area contributed by atoms with E-state index in [-0.39, 0.29) is 16.7 Å². The van der Waals surface area contributed by atoms with E-state index in [0.29, 0.717) is 27.8 Å². The molecule has 0 aliphatic rings. The lowest BCUT2D eigenvalue weighted by Gasteiger charge is -2.09. The fourth-order valence-electron chi connectivity index (χ4n) is 3.88. The molecule has 34 heavy (non-hydrogen) atoms. The van der Waals surface area contributed by atoms with Crippen molar-refractivity contribution in [3.8, 4) is 16.8 Å². The highest BCUT2D eigenvalue weighted by Crippen LogP contribution is 2.30. The van der Waals surface area contributed by atoms with Gasteiger partial charge in [-0.2, -0.15) is 0 Å². The number of benzene rings is 2. The third kappa shape index (κ3) is 3.56. The van der Waals surface area contributed by atoms with E-state index in [2.05, 4.69) is 20.6 Å². The van der Waals surface area contributed by atoms with Gasteiger partial charge in [0.2, 0.25) is 0 Å². The number of amides is 2. The van der Waals surface area contributed by atoms with Gasteiger partial charge in [-0.15, -0.1) is 0 Å². The number of aryl methyl sites for hydroxylation is 1. The van der Waals surface area contributed by atoms with Crippen molar-refractivity contribution in [2.24, 2.45) is 7.05 Å². The zero-order valence-corrected chi connectivity index (χ0v) is 18.9. The second-order valence-corrected chi connectivity index (χ2v) is 8.07. The third-order valence-electron chi connectivity index (χ3n) is 5.60. The van der Waals surface area contributed by atoms with Crippen LogP contribution in [0.3, 0.4) is 0 Å². The van der Waals surface area contributed by atoms with Crippen molar-refractivity contribution in [1.29, 1.82) is 0 Å². The van der Waals surface area contributed by atoms with E-state index in [0.717, 1.165) is 11.1 Å². The topological polar surface area (TPSA) is 93.8 Å². The average Bonchev–Trinajstić information content (AvgIpc) is 3.09. The standard InChI is InChI=1S/C24H18ClFN6O2/c1-27-23(33)30-21-8-4-14(11-29-21)13-3-6-18-16(9-13)22-20(12-28-18)31(2)24(34)32(22)19-7-5-15(25)10-17(19)26/h3-12H,1-2H3,(H2,27,29,30,33). The second-order valence-electron chi connectivity index (χ2n) is 7.63. The first-order valence-electron chi connectivity index (χ1n) is 10.3. The zero-order valence-electron chi connectivity index (χ0n) is 18.1. The van der Waals surface area contributed by atoms with Crippen LogP contribution < -0.4 is 16.3 Å². The minimum absolute atomic E-state index is 0.101. The number of fused-ring (bicyclic) bond motifs is 3. The molecule has 10 heteroatoms. The fourth-order valence-corrected chi connectivity index (χ4v) is 4.04. The largest absolute Gasteiger partial charge is 0.341 e. The summed E-state index contributed by atoms with van der Waals surface area (Å²) in [5, 5.41) is 6.00. The summed E-state index contributed by atoms with van der Waals surface area (Å²) in [6.07, 6.45) is 3.24. The normalized spacial score (nSPS) is 11.2. The molecule has 0 aliphatic heterocycles. The van der Waals surface area contributed by atoms with Crippen molar-refractivity contribution in [1.82, 2.24) is 24.4 Å². The maximum Gasteiger partial charge on any atom is 0.333 e. The van der Waals surface area contributed by atoms with Crippen LogP contribution in [0.25, 0.3) is 38.8 Å². The van der Waals surface area contributed by atoms with Crippen LogP contribution >= 0.6 is 11.6 Å². The molecule has 0 atom stereocenters. The second kappa shape index (κ2) is 8.27. The lowest BCUT2D eigenvalue weighted by molar-refractivity contribution is 0.254. The Hall–Kier alpha value is -4.24. The molecule has 0 saturated carbocycles. The van der Waals surface area contributed by atoms with Crippen molar-refractivity contribution in [3.05, 3.63) is 82.2 Å². The first kappa shape index (κ1) is 21.6. The number of rotatable bonds is 3. The molecule has 3 aromatic heterocycles. The number of nitrogens with one attached hydrogen (secondary N) is 2. The number of pyridine rings is 2. The molecule has 0 fully saturated rings. The minimum Gasteiger partial charge on any atom is -0.341 e. The molecule has 0 radical (unpaired) electrons. The number of hydrogen-bond donors (Lipinski definition) is 2. The van der Waals surface area contributed by atoms with Crippen LogP contribution in [0.4, 0.5) is 15.0 Å². The van der Waals surface area contributed by atoms with Crippen LogP contribution in [-0.2, 0) is 7.05 Å². The lowest BCUT2D eigenvalue weighted by Crippen LogP contribution is -2.24. The number of hydrogen-bond acceptors (Lipinski definition) is 4. The number of imidazole rings is 1. The minimum atomic E-state index is -0.605. The Labute approximate surface area is 197 Å². The summed E-state index contributed by atoms with van der Waals surface area (Å²) in [6.45, 7) is 0. The molecule has 5 aromatic rings. The van der Waals surface area contributed by atoms with Gasteiger partial charge < -0.3 is 5.32 Å². The molecular weight excluding hydrogens is 459 g/mol. The first-order chi connectivity index (χ1) is 16.4. The number of anilines is 1. The van der Waals surface area contributed by atoms with Gasteiger partial charge in [0.25, 0.3) is 0 Å². The molecule has 0 bridgehead atoms. The van der Waals surface area contributed by atoms with Gasteiger partial charge in [0.1, 0.15) is 11.6 Å². The van der Waals surface area contributed by atoms with Crippen LogP contribution in [0, 0.1) is 5.82 Å². The van der Waals surface area contributed by atoms with Gasteiger partial charge in [-0.25, -0.2) is 19.0 Å². The Kier molecular flexibility index (Phi) is 5.25. The molecule has 8 nitrogen and oxygen atoms in total. The summed E-state index contributed by atoms with van der Waals surface area (Å²) in [6, 6.07) is 13.0. The van der Waals surface area contributed by atoms with Crippen LogP contribution in [0.1, 0.15) is 0 Å². The van der Waals surface area contributed by atoms with Gasteiger partial charge >= 0.3 is 11.7 Å². The van der Waals surface area contributed by atoms with Gasteiger partial charge in [-0.1, -0.05) is 17.7 Å². The quantitative estimate of drug-likeness (QED) is 0.401. The van der Waals surface area contributed by atoms with Crippen molar-refractivity contribution in [3.63, 3.8) is 0 Å². The number of carbonyl (C=O) groups is 1. The Bertz CT molecular complexity index is 1640. The summed E-state index contributed by atoms with van der Waals surface area (Å²) in [7, 11) is 3.14. The molecule has 0 saturated heterocycles. The first-order valence-corrected chi connectivity index (χ1v) is 10.7. The van der Waals surface area contributed by atoms with Crippen molar-refractivity contribution in [2.45, 2.75) is 0 Å². The number of halogens is 2. The third-order valence-corrected chi connectivity index (χ3v) is 5.83. The predicted molar refractivity (Wildman–Crippen MR) is 130 cm³/mol.